The molecule has 1 amide bonds. The number of nitrogens with one attached hydrogen (secondary N) is 2. The zero-order valence-corrected chi connectivity index (χ0v) is 32.8. The molecule has 4 bridgehead atoms. The molecule has 0 radical (unpaired) electrons. The van der Waals surface area contributed by atoms with Crippen molar-refractivity contribution in [2.45, 2.75) is 74.9 Å². The molecule has 18 heteroatoms. The molecule has 2 fully saturated rings. The predicted octanol–water partition coefficient (Wildman–Crippen LogP) is 4.85. The summed E-state index contributed by atoms with van der Waals surface area (Å²) in [6, 6.07) is 7.68. The average Bonchev–Trinajstić information content (AvgIpc) is 3.69. The molecular weight excluding hydrogens is 798 g/mol. The molecule has 8 rings (SSSR count). The van der Waals surface area contributed by atoms with Crippen molar-refractivity contribution in [3.05, 3.63) is 81.4 Å². The van der Waals surface area contributed by atoms with Gasteiger partial charge in [0.2, 0.25) is 6.79 Å². The van der Waals surface area contributed by atoms with Gasteiger partial charge in [-0.2, -0.15) is 18.4 Å². The van der Waals surface area contributed by atoms with Crippen molar-refractivity contribution >= 4 is 41.7 Å². The van der Waals surface area contributed by atoms with Crippen LogP contribution in [0.5, 0.6) is 28.7 Å². The van der Waals surface area contributed by atoms with Gasteiger partial charge in [-0.25, -0.2) is 9.59 Å². The summed E-state index contributed by atoms with van der Waals surface area (Å²) in [6.45, 7) is 3.99. The molecule has 0 aliphatic carbocycles. The summed E-state index contributed by atoms with van der Waals surface area (Å²) >= 11 is 1.00. The van der Waals surface area contributed by atoms with Crippen molar-refractivity contribution < 1.29 is 60.8 Å². The quantitative estimate of drug-likeness (QED) is 0.196. The summed E-state index contributed by atoms with van der Waals surface area (Å²) < 4.78 is 76.3. The number of rotatable bonds is 6. The van der Waals surface area contributed by atoms with Crippen LogP contribution in [0.4, 0.5) is 13.2 Å². The van der Waals surface area contributed by atoms with Gasteiger partial charge >= 0.3 is 30.0 Å². The lowest BCUT2D eigenvalue weighted by Crippen LogP contribution is -2.69. The first-order valence-electron chi connectivity index (χ1n) is 18.6. The van der Waals surface area contributed by atoms with Crippen molar-refractivity contribution in [1.29, 1.82) is 5.26 Å². The van der Waals surface area contributed by atoms with Gasteiger partial charge in [0, 0.05) is 53.1 Å². The Morgan fingerprint density at radius 3 is 2.47 bits per heavy atom. The van der Waals surface area contributed by atoms with Gasteiger partial charge in [0.05, 0.1) is 30.5 Å². The van der Waals surface area contributed by atoms with Crippen LogP contribution in [0.2, 0.25) is 0 Å². The van der Waals surface area contributed by atoms with Crippen LogP contribution in [0.15, 0.2) is 42.5 Å². The average molecular weight is 835 g/mol. The second-order valence-corrected chi connectivity index (χ2v) is 15.8. The summed E-state index contributed by atoms with van der Waals surface area (Å²) in [5.74, 6) is -4.20. The highest BCUT2D eigenvalue weighted by molar-refractivity contribution is 7.99. The maximum absolute atomic E-state index is 13.6. The number of benzene rings is 3. The molecular formula is C41H37F3N4O10S. The van der Waals surface area contributed by atoms with Gasteiger partial charge in [-0.05, 0) is 43.0 Å². The lowest BCUT2D eigenvalue weighted by Gasteiger charge is -2.59. The lowest BCUT2D eigenvalue weighted by atomic mass is 9.72. The first-order chi connectivity index (χ1) is 28.2. The van der Waals surface area contributed by atoms with Crippen LogP contribution in [0.1, 0.15) is 63.2 Å². The van der Waals surface area contributed by atoms with Crippen molar-refractivity contribution in [2.75, 3.05) is 26.3 Å². The van der Waals surface area contributed by atoms with Crippen LogP contribution in [0, 0.1) is 25.2 Å². The number of cyclic esters (lactones) is 1. The number of alkyl halides is 3. The van der Waals surface area contributed by atoms with E-state index in [1.165, 1.54) is 20.1 Å². The highest BCUT2D eigenvalue weighted by Crippen LogP contribution is 2.62. The molecule has 3 unspecified atom stereocenters. The van der Waals surface area contributed by atoms with Crippen molar-refractivity contribution in [1.82, 2.24) is 15.5 Å². The van der Waals surface area contributed by atoms with E-state index in [2.05, 4.69) is 11.4 Å². The molecule has 0 aromatic heterocycles. The van der Waals surface area contributed by atoms with Gasteiger partial charge in [0.25, 0.3) is 0 Å². The van der Waals surface area contributed by atoms with E-state index >= 15 is 0 Å². The molecule has 5 heterocycles. The zero-order valence-electron chi connectivity index (χ0n) is 32.0. The van der Waals surface area contributed by atoms with Gasteiger partial charge in [-0.3, -0.25) is 14.5 Å². The van der Waals surface area contributed by atoms with Crippen LogP contribution < -0.4 is 34.3 Å². The molecule has 2 saturated heterocycles. The number of amides is 1. The van der Waals surface area contributed by atoms with E-state index in [0.717, 1.165) is 22.9 Å². The van der Waals surface area contributed by atoms with E-state index in [1.54, 1.807) is 25.2 Å². The molecule has 3 aromatic rings. The number of carbonyl (C=O) groups excluding carboxylic acids is 4. The number of fused-ring (bicyclic) bond motifs is 9. The number of nitrogens with zero attached hydrogens (tertiary/aromatic N) is 2. The van der Waals surface area contributed by atoms with Crippen molar-refractivity contribution in [3.63, 3.8) is 0 Å². The first kappa shape index (κ1) is 40.0. The third kappa shape index (κ3) is 7.00. The normalized spacial score (nSPS) is 25.5. The van der Waals surface area contributed by atoms with Gasteiger partial charge < -0.3 is 39.1 Å². The third-order valence-electron chi connectivity index (χ3n) is 11.1. The third-order valence-corrected chi connectivity index (χ3v) is 12.5. The molecule has 0 saturated carbocycles. The second-order valence-electron chi connectivity index (χ2n) is 14.6. The lowest BCUT2D eigenvalue weighted by molar-refractivity contribution is -0.175. The number of hydrogen-bond donors (Lipinski definition) is 2. The number of nitriles is 1. The molecule has 14 nitrogen and oxygen atoms in total. The van der Waals surface area contributed by atoms with Gasteiger partial charge in [-0.1, -0.05) is 36.4 Å². The van der Waals surface area contributed by atoms with Crippen LogP contribution in [-0.2, 0) is 30.3 Å². The monoisotopic (exact) mass is 834 g/mol. The Balaban J connectivity index is 1.34. The molecule has 5 aliphatic rings. The van der Waals surface area contributed by atoms with Crippen LogP contribution in [0.25, 0.3) is 6.08 Å². The highest BCUT2D eigenvalue weighted by Gasteiger charge is 2.59. The fraction of sp³-hybridized carbons (Fsp3) is 0.390. The Kier molecular flexibility index (Phi) is 10.5. The Bertz CT molecular complexity index is 2330. The maximum atomic E-state index is 13.6. The number of ether oxygens (including phenoxy) is 6. The minimum absolute atomic E-state index is 0.104. The number of hydrogen-bond acceptors (Lipinski definition) is 14. The number of aryl methyl sites for hydroxylation is 1. The molecule has 308 valence electrons. The number of methoxy groups -OCH3 is 1. The van der Waals surface area contributed by atoms with Gasteiger partial charge in [0.15, 0.2) is 23.0 Å². The zero-order chi connectivity index (χ0) is 41.9. The number of carbonyl (C=O) groups is 4. The number of thioether (sulfide) groups is 1. The molecule has 0 spiro atoms. The largest absolute Gasteiger partial charge is 0.493 e. The fourth-order valence-corrected chi connectivity index (χ4v) is 10.4. The van der Waals surface area contributed by atoms with Gasteiger partial charge in [-0.15, -0.1) is 11.8 Å². The molecule has 7 atom stereocenters. The Hall–Kier alpha value is -5.77. The van der Waals surface area contributed by atoms with E-state index in [1.807, 2.05) is 41.3 Å². The maximum Gasteiger partial charge on any atom is 0.471 e. The summed E-state index contributed by atoms with van der Waals surface area (Å²) in [5.41, 5.74) is 3.94. The topological polar surface area (TPSA) is 175 Å². The van der Waals surface area contributed by atoms with Crippen LogP contribution in [0.3, 0.4) is 0 Å². The first-order valence-corrected chi connectivity index (χ1v) is 19.6. The SMILES string of the molecule is COc1c(C)cc2c(c1OC(=O)/C=C/c1ccccc1)C1NC(C2)[C@H](C#N)N2[C@H]1[C@@H]1SCC(NC(=O)C(F)(F)F)C(=O)OC[C@H]2c2c3c(c(C)c(OC(C)=O)c21)OCO3. The highest BCUT2D eigenvalue weighted by atomic mass is 32.2. The van der Waals surface area contributed by atoms with Crippen molar-refractivity contribution in [2.24, 2.45) is 0 Å². The fourth-order valence-electron chi connectivity index (χ4n) is 8.85. The smallest absolute Gasteiger partial charge is 0.471 e. The van der Waals surface area contributed by atoms with Crippen molar-refractivity contribution in [3.8, 4) is 34.8 Å². The van der Waals surface area contributed by atoms with E-state index in [-0.39, 0.29) is 35.5 Å². The van der Waals surface area contributed by atoms with E-state index in [9.17, 15) is 37.6 Å². The minimum Gasteiger partial charge on any atom is -0.493 e. The van der Waals surface area contributed by atoms with E-state index in [0.29, 0.717) is 34.2 Å². The van der Waals surface area contributed by atoms with Crippen LogP contribution in [-0.4, -0.2) is 85.3 Å². The Labute approximate surface area is 339 Å². The number of esters is 3. The number of halogens is 3. The molecule has 2 N–H and O–H groups in total. The summed E-state index contributed by atoms with van der Waals surface area (Å²) in [4.78, 5) is 54.1. The summed E-state index contributed by atoms with van der Waals surface area (Å²) in [7, 11) is 1.45. The molecule has 5 aliphatic heterocycles. The standard InChI is InChI=1S/C41H37F3N4O10S/c1-18-12-22-13-23-25(14-45)48-26-15-54-39(51)24(47-40(52)41(42,43)44)16-59-38(30-29(26)36-35(55-17-56-36)19(2)34(30)57-20(3)49)32(48)31(46-23)28(22)37(33(18)53-4)58-27(50)11-10-21-8-6-5-7-9-21/h5-12,23-26,31-32,38,46H,13,15-17H2,1-4H3,(H,47,52)/b11-10+/t23?,24?,25-,26-,31?,32+,38+/m0/s1. The molecule has 3 aromatic carbocycles. The van der Waals surface area contributed by atoms with E-state index < -0.39 is 83.9 Å². The Morgan fingerprint density at radius 2 is 1.78 bits per heavy atom. The number of piperazine rings is 1. The molecule has 59 heavy (non-hydrogen) atoms. The predicted molar refractivity (Wildman–Crippen MR) is 203 cm³/mol. The Morgan fingerprint density at radius 1 is 1.03 bits per heavy atom. The van der Waals surface area contributed by atoms with Gasteiger partial charge in [0.1, 0.15) is 24.4 Å². The summed E-state index contributed by atoms with van der Waals surface area (Å²) in [6.07, 6.45) is -2.10. The summed E-state index contributed by atoms with van der Waals surface area (Å²) in [5, 5.41) is 15.5. The van der Waals surface area contributed by atoms with Crippen LogP contribution >= 0.6 is 11.8 Å². The van der Waals surface area contributed by atoms with E-state index in [4.69, 9.17) is 28.4 Å². The second kappa shape index (κ2) is 15.4. The minimum atomic E-state index is -5.30.